The third kappa shape index (κ3) is 2.56. The van der Waals surface area contributed by atoms with Gasteiger partial charge in [0.25, 0.3) is 0 Å². The van der Waals surface area contributed by atoms with Gasteiger partial charge >= 0.3 is 0 Å². The van der Waals surface area contributed by atoms with Gasteiger partial charge in [0, 0.05) is 16.2 Å². The normalized spacial score (nSPS) is 10.9. The molecule has 0 aliphatic rings. The van der Waals surface area contributed by atoms with Crippen LogP contribution in [0.25, 0.3) is 17.1 Å². The van der Waals surface area contributed by atoms with Gasteiger partial charge in [-0.05, 0) is 34.1 Å². The Morgan fingerprint density at radius 2 is 2.10 bits per heavy atom. The van der Waals surface area contributed by atoms with E-state index in [-0.39, 0.29) is 0 Å². The summed E-state index contributed by atoms with van der Waals surface area (Å²) in [6, 6.07) is 5.48. The van der Waals surface area contributed by atoms with Crippen molar-refractivity contribution < 1.29 is 0 Å². The van der Waals surface area contributed by atoms with E-state index in [4.69, 9.17) is 28.9 Å². The van der Waals surface area contributed by atoms with Crippen molar-refractivity contribution in [2.45, 2.75) is 0 Å². The van der Waals surface area contributed by atoms with Crippen LogP contribution in [-0.2, 0) is 0 Å². The third-order valence-corrected chi connectivity index (χ3v) is 4.56. The third-order valence-electron chi connectivity index (χ3n) is 2.60. The Bertz CT molecular complexity index is 766. The summed E-state index contributed by atoms with van der Waals surface area (Å²) in [5.41, 5.74) is 7.85. The Labute approximate surface area is 137 Å². The SMILES string of the molecule is Nc1cn(-c2ccc(Br)cn2)nc1-c1cc(Cl)sc1Cl. The number of thiophene rings is 1. The van der Waals surface area contributed by atoms with Crippen LogP contribution in [0.4, 0.5) is 5.69 Å². The van der Waals surface area contributed by atoms with Crippen LogP contribution >= 0.6 is 50.5 Å². The van der Waals surface area contributed by atoms with Crippen molar-refractivity contribution in [2.75, 3.05) is 5.73 Å². The number of halogens is 3. The van der Waals surface area contributed by atoms with Crippen LogP contribution < -0.4 is 5.73 Å². The molecular weight excluding hydrogens is 383 g/mol. The molecule has 0 spiro atoms. The smallest absolute Gasteiger partial charge is 0.153 e. The van der Waals surface area contributed by atoms with Crippen molar-refractivity contribution in [1.29, 1.82) is 0 Å². The van der Waals surface area contributed by atoms with Gasteiger partial charge in [-0.1, -0.05) is 23.2 Å². The maximum atomic E-state index is 6.14. The molecule has 8 heteroatoms. The van der Waals surface area contributed by atoms with Crippen LogP contribution in [0.1, 0.15) is 0 Å². The van der Waals surface area contributed by atoms with Gasteiger partial charge < -0.3 is 5.73 Å². The Kier molecular flexibility index (Phi) is 3.72. The minimum atomic E-state index is 0.520. The molecule has 0 aromatic carbocycles. The fourth-order valence-electron chi connectivity index (χ4n) is 1.72. The summed E-state index contributed by atoms with van der Waals surface area (Å²) in [4.78, 5) is 4.27. The lowest BCUT2D eigenvalue weighted by Gasteiger charge is -1.99. The minimum Gasteiger partial charge on any atom is -0.396 e. The average molecular weight is 390 g/mol. The number of nitrogen functional groups attached to an aromatic ring is 1. The second kappa shape index (κ2) is 5.37. The number of aromatic nitrogens is 3. The molecule has 3 aromatic rings. The first-order chi connectivity index (χ1) is 9.54. The van der Waals surface area contributed by atoms with Gasteiger partial charge in [0.05, 0.1) is 16.2 Å². The number of hydrogen-bond acceptors (Lipinski definition) is 4. The molecule has 0 saturated heterocycles. The Morgan fingerprint density at radius 3 is 2.70 bits per heavy atom. The molecule has 4 nitrogen and oxygen atoms in total. The molecule has 3 heterocycles. The summed E-state index contributed by atoms with van der Waals surface area (Å²) in [6.07, 6.45) is 3.40. The van der Waals surface area contributed by atoms with Crippen LogP contribution in [0.2, 0.25) is 8.67 Å². The Balaban J connectivity index is 2.07. The summed E-state index contributed by atoms with van der Waals surface area (Å²) >= 11 is 16.7. The predicted molar refractivity (Wildman–Crippen MR) is 86.8 cm³/mol. The number of rotatable bonds is 2. The number of nitrogens with two attached hydrogens (primary N) is 1. The highest BCUT2D eigenvalue weighted by Crippen LogP contribution is 2.39. The summed E-state index contributed by atoms with van der Waals surface area (Å²) in [6.45, 7) is 0. The minimum absolute atomic E-state index is 0.520. The molecule has 0 unspecified atom stereocenters. The monoisotopic (exact) mass is 388 g/mol. The largest absolute Gasteiger partial charge is 0.396 e. The van der Waals surface area contributed by atoms with Gasteiger partial charge in [0.1, 0.15) is 10.0 Å². The molecule has 0 fully saturated rings. The highest BCUT2D eigenvalue weighted by molar-refractivity contribution is 9.10. The Hall–Kier alpha value is -1.08. The molecule has 0 radical (unpaired) electrons. The maximum absolute atomic E-state index is 6.14. The molecule has 3 aromatic heterocycles. The molecule has 3 rings (SSSR count). The van der Waals surface area contributed by atoms with E-state index in [0.717, 1.165) is 10.0 Å². The van der Waals surface area contributed by atoms with E-state index in [0.29, 0.717) is 25.9 Å². The molecular formula is C12H7BrCl2N4S. The number of nitrogens with zero attached hydrogens (tertiary/aromatic N) is 3. The highest BCUT2D eigenvalue weighted by atomic mass is 79.9. The molecule has 2 N–H and O–H groups in total. The lowest BCUT2D eigenvalue weighted by atomic mass is 10.2. The number of pyridine rings is 1. The van der Waals surface area contributed by atoms with Gasteiger partial charge in [-0.25, -0.2) is 9.67 Å². The van der Waals surface area contributed by atoms with E-state index in [1.165, 1.54) is 11.3 Å². The maximum Gasteiger partial charge on any atom is 0.153 e. The number of anilines is 1. The average Bonchev–Trinajstić information content (AvgIpc) is 2.93. The fraction of sp³-hybridized carbons (Fsp3) is 0. The van der Waals surface area contributed by atoms with E-state index in [1.807, 2.05) is 12.1 Å². The van der Waals surface area contributed by atoms with E-state index in [2.05, 4.69) is 26.0 Å². The van der Waals surface area contributed by atoms with Crippen molar-refractivity contribution in [1.82, 2.24) is 14.8 Å². The second-order valence-electron chi connectivity index (χ2n) is 3.95. The van der Waals surface area contributed by atoms with E-state index in [9.17, 15) is 0 Å². The molecule has 0 aliphatic carbocycles. The summed E-state index contributed by atoms with van der Waals surface area (Å²) in [5.74, 6) is 0.670. The molecule has 20 heavy (non-hydrogen) atoms. The quantitative estimate of drug-likeness (QED) is 0.694. The van der Waals surface area contributed by atoms with Crippen molar-refractivity contribution in [3.8, 4) is 17.1 Å². The van der Waals surface area contributed by atoms with Crippen LogP contribution in [0.15, 0.2) is 35.1 Å². The van der Waals surface area contributed by atoms with Crippen LogP contribution in [0, 0.1) is 0 Å². The zero-order chi connectivity index (χ0) is 14.3. The zero-order valence-corrected chi connectivity index (χ0v) is 13.8. The molecule has 102 valence electrons. The lowest BCUT2D eigenvalue weighted by Crippen LogP contribution is -1.97. The summed E-state index contributed by atoms with van der Waals surface area (Å²) in [7, 11) is 0. The lowest BCUT2D eigenvalue weighted by molar-refractivity contribution is 0.850. The topological polar surface area (TPSA) is 56.7 Å². The van der Waals surface area contributed by atoms with Gasteiger partial charge in [0.15, 0.2) is 5.82 Å². The predicted octanol–water partition coefficient (Wildman–Crippen LogP) is 4.65. The summed E-state index contributed by atoms with van der Waals surface area (Å²) < 4.78 is 3.67. The van der Waals surface area contributed by atoms with Crippen molar-refractivity contribution >= 4 is 56.2 Å². The second-order valence-corrected chi connectivity index (χ2v) is 7.15. The van der Waals surface area contributed by atoms with E-state index >= 15 is 0 Å². The molecule has 0 aliphatic heterocycles. The highest BCUT2D eigenvalue weighted by Gasteiger charge is 2.16. The first kappa shape index (κ1) is 13.9. The first-order valence-electron chi connectivity index (χ1n) is 5.47. The molecule has 0 amide bonds. The van der Waals surface area contributed by atoms with Crippen molar-refractivity contribution in [3.63, 3.8) is 0 Å². The fourth-order valence-corrected chi connectivity index (χ4v) is 3.42. The first-order valence-corrected chi connectivity index (χ1v) is 7.83. The van der Waals surface area contributed by atoms with E-state index < -0.39 is 0 Å². The zero-order valence-electron chi connectivity index (χ0n) is 9.85. The number of hydrogen-bond donors (Lipinski definition) is 1. The van der Waals surface area contributed by atoms with Crippen molar-refractivity contribution in [3.05, 3.63) is 43.7 Å². The van der Waals surface area contributed by atoms with Gasteiger partial charge in [-0.2, -0.15) is 5.10 Å². The molecule has 0 atom stereocenters. The molecule has 0 saturated carbocycles. The van der Waals surface area contributed by atoms with Crippen LogP contribution in [0.3, 0.4) is 0 Å². The van der Waals surface area contributed by atoms with E-state index in [1.54, 1.807) is 23.1 Å². The van der Waals surface area contributed by atoms with Gasteiger partial charge in [-0.3, -0.25) is 0 Å². The van der Waals surface area contributed by atoms with Gasteiger partial charge in [0.2, 0.25) is 0 Å². The van der Waals surface area contributed by atoms with Crippen LogP contribution in [0.5, 0.6) is 0 Å². The molecule has 0 bridgehead atoms. The summed E-state index contributed by atoms with van der Waals surface area (Å²) in [5, 5.41) is 4.43. The Morgan fingerprint density at radius 1 is 1.30 bits per heavy atom. The van der Waals surface area contributed by atoms with Crippen LogP contribution in [-0.4, -0.2) is 14.8 Å². The standard InChI is InChI=1S/C12H7BrCl2N4S/c13-6-1-2-10(17-4-6)19-5-8(16)11(18-19)7-3-9(14)20-12(7)15/h1-5H,16H2. The van der Waals surface area contributed by atoms with Crippen molar-refractivity contribution in [2.24, 2.45) is 0 Å². The van der Waals surface area contributed by atoms with Gasteiger partial charge in [-0.15, -0.1) is 11.3 Å².